The van der Waals surface area contributed by atoms with Gasteiger partial charge in [0.15, 0.2) is 5.65 Å². The molecule has 0 aliphatic heterocycles. The quantitative estimate of drug-likeness (QED) is 0.644. The van der Waals surface area contributed by atoms with Crippen LogP contribution in [0.25, 0.3) is 5.65 Å². The fourth-order valence-electron chi connectivity index (χ4n) is 2.27. The molecule has 0 saturated carbocycles. The van der Waals surface area contributed by atoms with Gasteiger partial charge in [-0.15, -0.1) is 0 Å². The maximum Gasteiger partial charge on any atom is 0.202 e. The zero-order valence-electron chi connectivity index (χ0n) is 11.4. The predicted octanol–water partition coefficient (Wildman–Crippen LogP) is 2.88. The molecule has 0 amide bonds. The SMILES string of the molecule is [c]1nc(CCCCCc2ccccc2)nc2ccnn12. The topological polar surface area (TPSA) is 43.1 Å². The Morgan fingerprint density at radius 3 is 2.70 bits per heavy atom. The van der Waals surface area contributed by atoms with Crippen molar-refractivity contribution in [2.24, 2.45) is 0 Å². The first-order chi connectivity index (χ1) is 9.92. The van der Waals surface area contributed by atoms with Crippen molar-refractivity contribution in [1.82, 2.24) is 19.6 Å². The summed E-state index contributed by atoms with van der Waals surface area (Å²) < 4.78 is 1.57. The molecular weight excluding hydrogens is 248 g/mol. The summed E-state index contributed by atoms with van der Waals surface area (Å²) >= 11 is 0. The molecule has 0 N–H and O–H groups in total. The van der Waals surface area contributed by atoms with Gasteiger partial charge in [0.25, 0.3) is 0 Å². The molecule has 1 aromatic carbocycles. The molecule has 0 spiro atoms. The largest absolute Gasteiger partial charge is 0.214 e. The zero-order chi connectivity index (χ0) is 13.6. The molecule has 0 aliphatic carbocycles. The number of unbranched alkanes of at least 4 members (excludes halogenated alkanes) is 2. The smallest absolute Gasteiger partial charge is 0.202 e. The van der Waals surface area contributed by atoms with Gasteiger partial charge in [0.1, 0.15) is 5.82 Å². The van der Waals surface area contributed by atoms with Crippen molar-refractivity contribution < 1.29 is 0 Å². The van der Waals surface area contributed by atoms with Gasteiger partial charge < -0.3 is 0 Å². The second kappa shape index (κ2) is 6.28. The Kier molecular flexibility index (Phi) is 4.01. The van der Waals surface area contributed by atoms with Gasteiger partial charge in [-0.05, 0) is 24.8 Å². The van der Waals surface area contributed by atoms with Gasteiger partial charge in [-0.2, -0.15) is 9.61 Å². The lowest BCUT2D eigenvalue weighted by Crippen LogP contribution is -2.00. The minimum atomic E-state index is 0.819. The van der Waals surface area contributed by atoms with Gasteiger partial charge in [0.05, 0.1) is 6.20 Å². The van der Waals surface area contributed by atoms with Crippen LogP contribution in [0, 0.1) is 6.33 Å². The highest BCUT2D eigenvalue weighted by Gasteiger charge is 2.01. The Morgan fingerprint density at radius 1 is 0.950 bits per heavy atom. The van der Waals surface area contributed by atoms with Gasteiger partial charge in [-0.25, -0.2) is 9.97 Å². The number of hydrogen-bond donors (Lipinski definition) is 0. The predicted molar refractivity (Wildman–Crippen MR) is 77.3 cm³/mol. The van der Waals surface area contributed by atoms with E-state index in [9.17, 15) is 0 Å². The molecule has 0 atom stereocenters. The Balaban J connectivity index is 1.43. The Bertz CT molecular complexity index is 660. The van der Waals surface area contributed by atoms with Crippen LogP contribution in [0.2, 0.25) is 0 Å². The van der Waals surface area contributed by atoms with Crippen molar-refractivity contribution in [3.63, 3.8) is 0 Å². The first kappa shape index (κ1) is 12.8. The molecule has 4 nitrogen and oxygen atoms in total. The lowest BCUT2D eigenvalue weighted by atomic mass is 10.1. The van der Waals surface area contributed by atoms with Crippen LogP contribution in [0.3, 0.4) is 0 Å². The van der Waals surface area contributed by atoms with Crippen LogP contribution in [0.5, 0.6) is 0 Å². The van der Waals surface area contributed by atoms with E-state index in [1.807, 2.05) is 6.07 Å². The molecule has 3 rings (SSSR count). The van der Waals surface area contributed by atoms with E-state index in [2.05, 4.69) is 51.7 Å². The molecule has 20 heavy (non-hydrogen) atoms. The van der Waals surface area contributed by atoms with Crippen LogP contribution in [0.15, 0.2) is 42.6 Å². The standard InChI is InChI=1S/C16H17N4/c1-3-7-14(8-4-1)9-5-2-6-10-15-17-13-20-16(19-15)11-12-18-20/h1,3-4,7-8,11-12H,2,5-6,9-10H2. The number of hydrogen-bond acceptors (Lipinski definition) is 3. The molecular formula is C16H17N4. The fraction of sp³-hybridized carbons (Fsp3) is 0.312. The van der Waals surface area contributed by atoms with E-state index in [4.69, 9.17) is 0 Å². The number of nitrogens with zero attached hydrogens (tertiary/aromatic N) is 4. The molecule has 0 saturated heterocycles. The summed E-state index contributed by atoms with van der Waals surface area (Å²) in [6.07, 6.45) is 10.2. The van der Waals surface area contributed by atoms with Crippen LogP contribution in [-0.2, 0) is 12.8 Å². The summed E-state index contributed by atoms with van der Waals surface area (Å²) in [5, 5.41) is 4.04. The third-order valence-electron chi connectivity index (χ3n) is 3.35. The van der Waals surface area contributed by atoms with Crippen molar-refractivity contribution in [3.05, 3.63) is 60.3 Å². The van der Waals surface area contributed by atoms with Crippen LogP contribution in [0.1, 0.15) is 30.7 Å². The van der Waals surface area contributed by atoms with Crippen LogP contribution >= 0.6 is 0 Å². The summed E-state index contributed by atoms with van der Waals surface area (Å²) in [7, 11) is 0. The van der Waals surface area contributed by atoms with E-state index in [-0.39, 0.29) is 0 Å². The highest BCUT2D eigenvalue weighted by molar-refractivity contribution is 5.34. The van der Waals surface area contributed by atoms with Crippen LogP contribution < -0.4 is 0 Å². The average molecular weight is 265 g/mol. The normalized spacial score (nSPS) is 11.0. The molecule has 4 heteroatoms. The summed E-state index contributed by atoms with van der Waals surface area (Å²) in [5.41, 5.74) is 2.23. The number of fused-ring (bicyclic) bond motifs is 1. The van der Waals surface area contributed by atoms with Gasteiger partial charge >= 0.3 is 0 Å². The van der Waals surface area contributed by atoms with E-state index in [0.29, 0.717) is 0 Å². The zero-order valence-corrected chi connectivity index (χ0v) is 11.4. The summed E-state index contributed by atoms with van der Waals surface area (Å²) in [6.45, 7) is 0. The van der Waals surface area contributed by atoms with Gasteiger partial charge in [-0.3, -0.25) is 0 Å². The molecule has 3 aromatic rings. The van der Waals surface area contributed by atoms with E-state index < -0.39 is 0 Å². The van der Waals surface area contributed by atoms with Gasteiger partial charge in [-0.1, -0.05) is 36.8 Å². The first-order valence-corrected chi connectivity index (χ1v) is 7.04. The Morgan fingerprint density at radius 2 is 1.80 bits per heavy atom. The molecule has 0 fully saturated rings. The molecule has 2 heterocycles. The van der Waals surface area contributed by atoms with Crippen molar-refractivity contribution in [2.45, 2.75) is 32.1 Å². The number of aromatic nitrogens is 4. The second-order valence-corrected chi connectivity index (χ2v) is 4.89. The summed E-state index contributed by atoms with van der Waals surface area (Å²) in [4.78, 5) is 8.65. The monoisotopic (exact) mass is 265 g/mol. The number of aryl methyl sites for hydroxylation is 2. The maximum atomic E-state index is 4.45. The molecule has 101 valence electrons. The Labute approximate surface area is 118 Å². The third kappa shape index (κ3) is 3.20. The molecule has 0 aliphatic rings. The van der Waals surface area contributed by atoms with Gasteiger partial charge in [0.2, 0.25) is 6.33 Å². The second-order valence-electron chi connectivity index (χ2n) is 4.89. The maximum absolute atomic E-state index is 4.45. The minimum absolute atomic E-state index is 0.819. The van der Waals surface area contributed by atoms with Gasteiger partial charge in [0, 0.05) is 12.5 Å². The highest BCUT2D eigenvalue weighted by Crippen LogP contribution is 2.08. The van der Waals surface area contributed by atoms with Crippen molar-refractivity contribution in [2.75, 3.05) is 0 Å². The minimum Gasteiger partial charge on any atom is -0.214 e. The van der Waals surface area contributed by atoms with Crippen molar-refractivity contribution >= 4 is 5.65 Å². The van der Waals surface area contributed by atoms with Crippen molar-refractivity contribution in [1.29, 1.82) is 0 Å². The van der Waals surface area contributed by atoms with Crippen LogP contribution in [0.4, 0.5) is 0 Å². The van der Waals surface area contributed by atoms with E-state index in [1.54, 1.807) is 10.7 Å². The first-order valence-electron chi connectivity index (χ1n) is 7.04. The van der Waals surface area contributed by atoms with Crippen molar-refractivity contribution in [3.8, 4) is 0 Å². The number of benzene rings is 1. The lowest BCUT2D eigenvalue weighted by molar-refractivity contribution is 0.658. The summed E-state index contributed by atoms with van der Waals surface area (Å²) in [5.74, 6) is 0.859. The molecule has 1 radical (unpaired) electrons. The average Bonchev–Trinajstić information content (AvgIpc) is 2.95. The number of rotatable bonds is 6. The van der Waals surface area contributed by atoms with E-state index in [0.717, 1.165) is 30.7 Å². The molecule has 0 bridgehead atoms. The lowest BCUT2D eigenvalue weighted by Gasteiger charge is -2.02. The van der Waals surface area contributed by atoms with E-state index in [1.165, 1.54) is 18.4 Å². The third-order valence-corrected chi connectivity index (χ3v) is 3.35. The highest BCUT2D eigenvalue weighted by atomic mass is 15.3. The fourth-order valence-corrected chi connectivity index (χ4v) is 2.27. The Hall–Kier alpha value is -2.23. The molecule has 0 unspecified atom stereocenters. The van der Waals surface area contributed by atoms with Crippen LogP contribution in [-0.4, -0.2) is 19.6 Å². The van der Waals surface area contributed by atoms with E-state index >= 15 is 0 Å². The summed E-state index contributed by atoms with van der Waals surface area (Å²) in [6, 6.07) is 12.5. The molecule has 2 aromatic heterocycles.